The Morgan fingerprint density at radius 1 is 1.39 bits per heavy atom. The first-order valence-electron chi connectivity index (χ1n) is 6.87. The van der Waals surface area contributed by atoms with Crippen LogP contribution in [0.5, 0.6) is 0 Å². The largest absolute Gasteiger partial charge is 0.310 e. The summed E-state index contributed by atoms with van der Waals surface area (Å²) in [5.74, 6) is 0.866. The summed E-state index contributed by atoms with van der Waals surface area (Å²) in [5, 5.41) is 12.6. The second-order valence-electron chi connectivity index (χ2n) is 5.31. The van der Waals surface area contributed by atoms with Gasteiger partial charge < -0.3 is 5.32 Å². The third kappa shape index (κ3) is 3.54. The van der Waals surface area contributed by atoms with Crippen molar-refractivity contribution in [2.75, 3.05) is 0 Å². The molecule has 0 aliphatic heterocycles. The van der Waals surface area contributed by atoms with Gasteiger partial charge in [0.2, 0.25) is 0 Å². The quantitative estimate of drug-likeness (QED) is 0.830. The Morgan fingerprint density at radius 2 is 2.28 bits per heavy atom. The third-order valence-electron chi connectivity index (χ3n) is 3.84. The maximum atomic E-state index is 8.99. The topological polar surface area (TPSA) is 48.7 Å². The van der Waals surface area contributed by atoms with Gasteiger partial charge in [-0.25, -0.2) is 4.98 Å². The fourth-order valence-corrected chi connectivity index (χ4v) is 2.63. The summed E-state index contributed by atoms with van der Waals surface area (Å²) < 4.78 is 0. The number of hydrogen-bond acceptors (Lipinski definition) is 3. The average Bonchev–Trinajstić information content (AvgIpc) is 2.61. The van der Waals surface area contributed by atoms with Gasteiger partial charge in [-0.3, -0.25) is 0 Å². The van der Waals surface area contributed by atoms with Crippen LogP contribution in [0, 0.1) is 17.2 Å². The molecule has 1 aliphatic rings. The molecule has 2 unspecified atom stereocenters. The molecule has 0 bridgehead atoms. The van der Waals surface area contributed by atoms with Crippen molar-refractivity contribution in [2.45, 2.75) is 51.6 Å². The molecule has 3 heteroatoms. The lowest BCUT2D eigenvalue weighted by atomic mass is 10.0. The van der Waals surface area contributed by atoms with Crippen LogP contribution in [-0.2, 0) is 6.54 Å². The molecule has 1 N–H and O–H groups in total. The Hall–Kier alpha value is -1.40. The number of hydrogen-bond donors (Lipinski definition) is 1. The zero-order valence-corrected chi connectivity index (χ0v) is 11.0. The number of nitrogens with one attached hydrogen (secondary N) is 1. The van der Waals surface area contributed by atoms with E-state index in [4.69, 9.17) is 5.26 Å². The highest BCUT2D eigenvalue weighted by Gasteiger charge is 2.15. The molecule has 0 spiro atoms. The maximum absolute atomic E-state index is 8.99. The molecule has 2 atom stereocenters. The van der Waals surface area contributed by atoms with E-state index >= 15 is 0 Å². The van der Waals surface area contributed by atoms with Crippen molar-refractivity contribution in [1.29, 1.82) is 5.26 Å². The van der Waals surface area contributed by atoms with Crippen LogP contribution < -0.4 is 5.32 Å². The van der Waals surface area contributed by atoms with Gasteiger partial charge in [-0.15, -0.1) is 0 Å². The highest BCUT2D eigenvalue weighted by atomic mass is 14.9. The van der Waals surface area contributed by atoms with E-state index in [0.29, 0.717) is 11.7 Å². The Bertz CT molecular complexity index is 422. The molecular formula is C15H21N3. The summed E-state index contributed by atoms with van der Waals surface area (Å²) in [6, 6.07) is 6.63. The summed E-state index contributed by atoms with van der Waals surface area (Å²) >= 11 is 0. The van der Waals surface area contributed by atoms with E-state index in [2.05, 4.69) is 23.3 Å². The number of rotatable bonds is 3. The molecule has 18 heavy (non-hydrogen) atoms. The minimum Gasteiger partial charge on any atom is -0.310 e. The molecule has 1 fully saturated rings. The molecule has 1 aromatic heterocycles. The normalized spacial score (nSPS) is 24.2. The molecule has 1 aromatic rings. The zero-order valence-electron chi connectivity index (χ0n) is 11.0. The Balaban J connectivity index is 1.89. The Labute approximate surface area is 109 Å². The molecule has 1 saturated carbocycles. The van der Waals surface area contributed by atoms with Crippen molar-refractivity contribution in [3.8, 4) is 6.07 Å². The van der Waals surface area contributed by atoms with Gasteiger partial charge in [-0.1, -0.05) is 25.8 Å². The maximum Gasteiger partial charge on any atom is 0.144 e. The van der Waals surface area contributed by atoms with Gasteiger partial charge in [0.15, 0.2) is 0 Å². The van der Waals surface area contributed by atoms with E-state index in [0.717, 1.165) is 18.0 Å². The average molecular weight is 243 g/mol. The first-order chi connectivity index (χ1) is 8.79. The second-order valence-corrected chi connectivity index (χ2v) is 5.31. The van der Waals surface area contributed by atoms with Crippen LogP contribution in [0.2, 0.25) is 0 Å². The van der Waals surface area contributed by atoms with E-state index in [9.17, 15) is 0 Å². The van der Waals surface area contributed by atoms with Gasteiger partial charge in [-0.05, 0) is 31.2 Å². The second kappa shape index (κ2) is 6.51. The van der Waals surface area contributed by atoms with Crippen LogP contribution >= 0.6 is 0 Å². The van der Waals surface area contributed by atoms with Crippen molar-refractivity contribution >= 4 is 0 Å². The fraction of sp³-hybridized carbons (Fsp3) is 0.600. The molecule has 1 heterocycles. The zero-order chi connectivity index (χ0) is 12.8. The highest BCUT2D eigenvalue weighted by Crippen LogP contribution is 2.22. The van der Waals surface area contributed by atoms with Crippen molar-refractivity contribution in [3.63, 3.8) is 0 Å². The first-order valence-corrected chi connectivity index (χ1v) is 6.87. The van der Waals surface area contributed by atoms with Gasteiger partial charge >= 0.3 is 0 Å². The van der Waals surface area contributed by atoms with Crippen LogP contribution in [0.1, 0.15) is 50.3 Å². The lowest BCUT2D eigenvalue weighted by Crippen LogP contribution is -2.28. The summed E-state index contributed by atoms with van der Waals surface area (Å²) in [7, 11) is 0. The van der Waals surface area contributed by atoms with Crippen LogP contribution in [0.3, 0.4) is 0 Å². The molecular weight excluding hydrogens is 222 g/mol. The van der Waals surface area contributed by atoms with E-state index in [1.54, 1.807) is 6.20 Å². The third-order valence-corrected chi connectivity index (χ3v) is 3.84. The minimum atomic E-state index is 0.548. The molecule has 0 radical (unpaired) electrons. The molecule has 2 rings (SSSR count). The SMILES string of the molecule is CC1CCCC(NCc2cccnc2C#N)CC1. The molecule has 0 amide bonds. The van der Waals surface area contributed by atoms with E-state index < -0.39 is 0 Å². The monoisotopic (exact) mass is 243 g/mol. The molecule has 3 nitrogen and oxygen atoms in total. The lowest BCUT2D eigenvalue weighted by Gasteiger charge is -2.16. The fourth-order valence-electron chi connectivity index (χ4n) is 2.63. The van der Waals surface area contributed by atoms with E-state index in [1.807, 2.05) is 12.1 Å². The predicted octanol–water partition coefficient (Wildman–Crippen LogP) is 3.01. The standard InChI is InChI=1S/C15H21N3/c1-12-4-2-6-14(8-7-12)18-11-13-5-3-9-17-15(13)10-16/h3,5,9,12,14,18H,2,4,6-8,11H2,1H3. The number of nitrogens with zero attached hydrogens (tertiary/aromatic N) is 2. The predicted molar refractivity (Wildman–Crippen MR) is 71.8 cm³/mol. The van der Waals surface area contributed by atoms with Crippen LogP contribution in [0.15, 0.2) is 18.3 Å². The van der Waals surface area contributed by atoms with Gasteiger partial charge in [0, 0.05) is 24.3 Å². The van der Waals surface area contributed by atoms with Gasteiger partial charge in [-0.2, -0.15) is 5.26 Å². The van der Waals surface area contributed by atoms with Crippen molar-refractivity contribution < 1.29 is 0 Å². The summed E-state index contributed by atoms with van der Waals surface area (Å²) in [4.78, 5) is 4.09. The number of aromatic nitrogens is 1. The number of pyridine rings is 1. The number of nitriles is 1. The van der Waals surface area contributed by atoms with Crippen molar-refractivity contribution in [2.24, 2.45) is 5.92 Å². The van der Waals surface area contributed by atoms with E-state index in [1.165, 1.54) is 32.1 Å². The summed E-state index contributed by atoms with van der Waals surface area (Å²) in [6.07, 6.45) is 8.17. The van der Waals surface area contributed by atoms with Gasteiger partial charge in [0.05, 0.1) is 0 Å². The Kier molecular flexibility index (Phi) is 4.72. The molecule has 0 aromatic carbocycles. The van der Waals surface area contributed by atoms with E-state index in [-0.39, 0.29) is 0 Å². The van der Waals surface area contributed by atoms with Gasteiger partial charge in [0.1, 0.15) is 11.8 Å². The minimum absolute atomic E-state index is 0.548. The first kappa shape index (κ1) is 13.0. The van der Waals surface area contributed by atoms with Crippen molar-refractivity contribution in [1.82, 2.24) is 10.3 Å². The van der Waals surface area contributed by atoms with Crippen molar-refractivity contribution in [3.05, 3.63) is 29.6 Å². The highest BCUT2D eigenvalue weighted by molar-refractivity contribution is 5.30. The molecule has 96 valence electrons. The molecule has 1 aliphatic carbocycles. The summed E-state index contributed by atoms with van der Waals surface area (Å²) in [6.45, 7) is 3.10. The van der Waals surface area contributed by atoms with Crippen LogP contribution in [0.25, 0.3) is 0 Å². The smallest absolute Gasteiger partial charge is 0.144 e. The van der Waals surface area contributed by atoms with Gasteiger partial charge in [0.25, 0.3) is 0 Å². The molecule has 0 saturated heterocycles. The summed E-state index contributed by atoms with van der Waals surface area (Å²) in [5.41, 5.74) is 1.56. The van der Waals surface area contributed by atoms with Crippen LogP contribution in [-0.4, -0.2) is 11.0 Å². The Morgan fingerprint density at radius 3 is 3.11 bits per heavy atom. The van der Waals surface area contributed by atoms with Crippen LogP contribution in [0.4, 0.5) is 0 Å². The lowest BCUT2D eigenvalue weighted by molar-refractivity contribution is 0.447.